The highest BCUT2D eigenvalue weighted by Crippen LogP contribution is 2.42. The molecule has 3 aromatic rings. The van der Waals surface area contributed by atoms with Crippen LogP contribution in [0.5, 0.6) is 5.75 Å². The third kappa shape index (κ3) is 2.78. The first-order valence-corrected chi connectivity index (χ1v) is 8.84. The van der Waals surface area contributed by atoms with Gasteiger partial charge in [-0.3, -0.25) is 0 Å². The van der Waals surface area contributed by atoms with E-state index in [2.05, 4.69) is 46.0 Å². The molecule has 1 fully saturated rings. The predicted molar refractivity (Wildman–Crippen MR) is 99.9 cm³/mol. The molecule has 0 radical (unpaired) electrons. The fraction of sp³-hybridized carbons (Fsp3) is 0.400. The Balaban J connectivity index is 1.90. The zero-order valence-electron chi connectivity index (χ0n) is 15.0. The molecule has 2 atom stereocenters. The standard InChI is InChI=1S/C20H24N4O/c1-13-10-14(8-9-24(13)2)18-19(15-6-4-5-7-17(15)25-3)23-16-11-21-12-22-20(16)18/h4-7,11-14,23H,8-10H2,1-3H3. The van der Waals surface area contributed by atoms with Gasteiger partial charge in [0.1, 0.15) is 12.1 Å². The van der Waals surface area contributed by atoms with Gasteiger partial charge in [-0.05, 0) is 51.4 Å². The third-order valence-corrected chi connectivity index (χ3v) is 5.49. The number of H-pyrrole nitrogens is 1. The van der Waals surface area contributed by atoms with E-state index in [0.29, 0.717) is 12.0 Å². The summed E-state index contributed by atoms with van der Waals surface area (Å²) in [4.78, 5) is 14.8. The highest BCUT2D eigenvalue weighted by molar-refractivity contribution is 5.89. The largest absolute Gasteiger partial charge is 0.496 e. The number of nitrogens with one attached hydrogen (secondary N) is 1. The molecule has 0 saturated carbocycles. The molecule has 2 unspecified atom stereocenters. The molecule has 130 valence electrons. The lowest BCUT2D eigenvalue weighted by Crippen LogP contribution is -2.37. The normalized spacial score (nSPS) is 21.6. The van der Waals surface area contributed by atoms with Gasteiger partial charge >= 0.3 is 0 Å². The van der Waals surface area contributed by atoms with Crippen LogP contribution in [-0.4, -0.2) is 46.6 Å². The number of ether oxygens (including phenoxy) is 1. The Bertz CT molecular complexity index is 888. The molecular weight excluding hydrogens is 312 g/mol. The van der Waals surface area contributed by atoms with E-state index < -0.39 is 0 Å². The lowest BCUT2D eigenvalue weighted by Gasteiger charge is -2.35. The Labute approximate surface area is 148 Å². The number of hydrogen-bond donors (Lipinski definition) is 1. The van der Waals surface area contributed by atoms with Gasteiger partial charge in [0.25, 0.3) is 0 Å². The van der Waals surface area contributed by atoms with Gasteiger partial charge in [0.15, 0.2) is 0 Å². The summed E-state index contributed by atoms with van der Waals surface area (Å²) < 4.78 is 5.61. The highest BCUT2D eigenvalue weighted by atomic mass is 16.5. The van der Waals surface area contributed by atoms with Crippen LogP contribution in [0.2, 0.25) is 0 Å². The molecule has 1 saturated heterocycles. The second-order valence-electron chi connectivity index (χ2n) is 6.95. The summed E-state index contributed by atoms with van der Waals surface area (Å²) in [5, 5.41) is 0. The van der Waals surface area contributed by atoms with Crippen LogP contribution in [0.15, 0.2) is 36.8 Å². The van der Waals surface area contributed by atoms with E-state index in [4.69, 9.17) is 4.74 Å². The van der Waals surface area contributed by atoms with E-state index in [-0.39, 0.29) is 0 Å². The molecule has 0 amide bonds. The van der Waals surface area contributed by atoms with E-state index >= 15 is 0 Å². The molecule has 25 heavy (non-hydrogen) atoms. The quantitative estimate of drug-likeness (QED) is 0.790. The Hall–Kier alpha value is -2.40. The molecule has 1 N–H and O–H groups in total. The average Bonchev–Trinajstić information content (AvgIpc) is 3.03. The molecule has 5 heteroatoms. The fourth-order valence-electron chi connectivity index (χ4n) is 3.97. The molecule has 3 heterocycles. The summed E-state index contributed by atoms with van der Waals surface area (Å²) in [6.07, 6.45) is 5.78. The number of hydrogen-bond acceptors (Lipinski definition) is 4. The Kier molecular flexibility index (Phi) is 4.17. The van der Waals surface area contributed by atoms with Crippen LogP contribution in [0.1, 0.15) is 31.2 Å². The minimum atomic E-state index is 0.481. The molecule has 1 aromatic carbocycles. The van der Waals surface area contributed by atoms with E-state index in [9.17, 15) is 0 Å². The van der Waals surface area contributed by atoms with Crippen molar-refractivity contribution in [1.82, 2.24) is 19.9 Å². The molecule has 0 aliphatic carbocycles. The molecular formula is C20H24N4O. The topological polar surface area (TPSA) is 54.0 Å². The maximum absolute atomic E-state index is 5.61. The summed E-state index contributed by atoms with van der Waals surface area (Å²) in [5.41, 5.74) is 5.55. The second-order valence-corrected chi connectivity index (χ2v) is 6.95. The van der Waals surface area contributed by atoms with Gasteiger partial charge in [0, 0.05) is 17.2 Å². The van der Waals surface area contributed by atoms with Crippen LogP contribution in [0.25, 0.3) is 22.3 Å². The van der Waals surface area contributed by atoms with Crippen LogP contribution < -0.4 is 4.74 Å². The van der Waals surface area contributed by atoms with Crippen molar-refractivity contribution < 1.29 is 4.74 Å². The number of aromatic nitrogens is 3. The van der Waals surface area contributed by atoms with E-state index in [1.807, 2.05) is 18.3 Å². The molecule has 0 spiro atoms. The SMILES string of the molecule is COc1ccccc1-c1[nH]c2cncnc2c1C1CCN(C)C(C)C1. The summed E-state index contributed by atoms with van der Waals surface area (Å²) in [7, 11) is 3.93. The molecule has 5 nitrogen and oxygen atoms in total. The van der Waals surface area contributed by atoms with Gasteiger partial charge in [0.05, 0.1) is 30.0 Å². The number of fused-ring (bicyclic) bond motifs is 1. The summed E-state index contributed by atoms with van der Waals surface area (Å²) in [6, 6.07) is 8.74. The van der Waals surface area contributed by atoms with Crippen molar-refractivity contribution in [2.24, 2.45) is 0 Å². The van der Waals surface area contributed by atoms with E-state index in [0.717, 1.165) is 47.4 Å². The lowest BCUT2D eigenvalue weighted by molar-refractivity contribution is 0.183. The maximum atomic E-state index is 5.61. The summed E-state index contributed by atoms with van der Waals surface area (Å²) in [6.45, 7) is 3.41. The van der Waals surface area contributed by atoms with Crippen molar-refractivity contribution in [3.8, 4) is 17.0 Å². The van der Waals surface area contributed by atoms with E-state index in [1.165, 1.54) is 5.56 Å². The number of benzene rings is 1. The number of rotatable bonds is 3. The van der Waals surface area contributed by atoms with Gasteiger partial charge in [-0.1, -0.05) is 12.1 Å². The first kappa shape index (κ1) is 16.1. The zero-order valence-corrected chi connectivity index (χ0v) is 15.0. The van der Waals surface area contributed by atoms with Crippen molar-refractivity contribution in [1.29, 1.82) is 0 Å². The average molecular weight is 336 g/mol. The Morgan fingerprint density at radius 2 is 2.12 bits per heavy atom. The summed E-state index contributed by atoms with van der Waals surface area (Å²) >= 11 is 0. The van der Waals surface area contributed by atoms with Crippen molar-refractivity contribution in [2.75, 3.05) is 20.7 Å². The number of nitrogens with zero attached hydrogens (tertiary/aromatic N) is 3. The Morgan fingerprint density at radius 1 is 1.28 bits per heavy atom. The third-order valence-electron chi connectivity index (χ3n) is 5.49. The van der Waals surface area contributed by atoms with Crippen LogP contribution in [0, 0.1) is 0 Å². The highest BCUT2D eigenvalue weighted by Gasteiger charge is 2.29. The molecule has 4 rings (SSSR count). The van der Waals surface area contributed by atoms with Crippen LogP contribution in [0.4, 0.5) is 0 Å². The van der Waals surface area contributed by atoms with Gasteiger partial charge in [0.2, 0.25) is 0 Å². The fourth-order valence-corrected chi connectivity index (χ4v) is 3.97. The first-order chi connectivity index (χ1) is 12.2. The second kappa shape index (κ2) is 6.48. The van der Waals surface area contributed by atoms with Crippen molar-refractivity contribution in [3.63, 3.8) is 0 Å². The van der Waals surface area contributed by atoms with E-state index in [1.54, 1.807) is 13.4 Å². The maximum Gasteiger partial charge on any atom is 0.128 e. The molecule has 1 aliphatic heterocycles. The van der Waals surface area contributed by atoms with Crippen LogP contribution >= 0.6 is 0 Å². The van der Waals surface area contributed by atoms with Crippen LogP contribution in [-0.2, 0) is 0 Å². The van der Waals surface area contributed by atoms with Crippen LogP contribution in [0.3, 0.4) is 0 Å². The van der Waals surface area contributed by atoms with Crippen molar-refractivity contribution >= 4 is 11.0 Å². The van der Waals surface area contributed by atoms with Gasteiger partial charge in [-0.2, -0.15) is 0 Å². The smallest absolute Gasteiger partial charge is 0.128 e. The van der Waals surface area contributed by atoms with Gasteiger partial charge in [-0.15, -0.1) is 0 Å². The van der Waals surface area contributed by atoms with Crippen molar-refractivity contribution in [2.45, 2.75) is 31.7 Å². The number of para-hydroxylation sites is 1. The van der Waals surface area contributed by atoms with Gasteiger partial charge in [-0.25, -0.2) is 9.97 Å². The number of methoxy groups -OCH3 is 1. The minimum Gasteiger partial charge on any atom is -0.496 e. The monoisotopic (exact) mass is 336 g/mol. The van der Waals surface area contributed by atoms with Crippen molar-refractivity contribution in [3.05, 3.63) is 42.4 Å². The molecule has 0 bridgehead atoms. The minimum absolute atomic E-state index is 0.481. The zero-order chi connectivity index (χ0) is 17.4. The lowest BCUT2D eigenvalue weighted by atomic mass is 9.84. The van der Waals surface area contributed by atoms with Gasteiger partial charge < -0.3 is 14.6 Å². The molecule has 2 aromatic heterocycles. The Morgan fingerprint density at radius 3 is 2.92 bits per heavy atom. The molecule has 1 aliphatic rings. The number of aromatic amines is 1. The number of likely N-dealkylation sites (tertiary alicyclic amines) is 1. The summed E-state index contributed by atoms with van der Waals surface area (Å²) in [5.74, 6) is 1.36. The first-order valence-electron chi connectivity index (χ1n) is 8.84. The predicted octanol–water partition coefficient (Wildman–Crippen LogP) is 3.83. The number of piperidine rings is 1.